The van der Waals surface area contributed by atoms with E-state index in [2.05, 4.69) is 0 Å². The van der Waals surface area contributed by atoms with Crippen LogP contribution >= 0.6 is 0 Å². The number of ketones is 1. The lowest BCUT2D eigenvalue weighted by atomic mass is 9.41. The molecule has 0 bridgehead atoms. The summed E-state index contributed by atoms with van der Waals surface area (Å²) in [5.41, 5.74) is -3.76. The molecular formula is C27H40O9. The maximum atomic E-state index is 13.0. The Kier molecular flexibility index (Phi) is 7.05. The van der Waals surface area contributed by atoms with Gasteiger partial charge in [0.25, 0.3) is 0 Å². The minimum atomic E-state index is -1.20. The van der Waals surface area contributed by atoms with Crippen LogP contribution in [0.5, 0.6) is 0 Å². The molecule has 9 heteroatoms. The van der Waals surface area contributed by atoms with Gasteiger partial charge in [0.05, 0.1) is 17.8 Å². The average Bonchev–Trinajstić information content (AvgIpc) is 3.06. The van der Waals surface area contributed by atoms with E-state index in [4.69, 9.17) is 14.2 Å². The summed E-state index contributed by atoms with van der Waals surface area (Å²) < 4.78 is 16.0. The van der Waals surface area contributed by atoms with Crippen LogP contribution in [0.4, 0.5) is 0 Å². The van der Waals surface area contributed by atoms with E-state index in [0.29, 0.717) is 51.4 Å². The van der Waals surface area contributed by atoms with Crippen molar-refractivity contribution in [2.75, 3.05) is 13.2 Å². The van der Waals surface area contributed by atoms with Gasteiger partial charge in [-0.05, 0) is 63.2 Å². The molecule has 0 amide bonds. The predicted octanol–water partition coefficient (Wildman–Crippen LogP) is 2.48. The molecular weight excluding hydrogens is 468 g/mol. The molecule has 0 heterocycles. The molecule has 8 atom stereocenters. The Hall–Kier alpha value is -2.00. The fourth-order valence-corrected chi connectivity index (χ4v) is 8.64. The van der Waals surface area contributed by atoms with Crippen molar-refractivity contribution in [2.45, 2.75) is 103 Å². The first-order chi connectivity index (χ1) is 16.8. The maximum absolute atomic E-state index is 13.0. The number of aliphatic hydroxyl groups is 2. The molecule has 4 rings (SSSR count). The topological polar surface area (TPSA) is 136 Å². The molecule has 0 spiro atoms. The molecule has 2 N–H and O–H groups in total. The number of fused-ring (bicyclic) bond motifs is 5. The van der Waals surface area contributed by atoms with Gasteiger partial charge in [-0.15, -0.1) is 0 Å². The second-order valence-corrected chi connectivity index (χ2v) is 11.9. The molecule has 0 aromatic heterocycles. The fourth-order valence-electron chi connectivity index (χ4n) is 8.64. The molecule has 36 heavy (non-hydrogen) atoms. The minimum Gasteiger partial charge on any atom is -0.465 e. The van der Waals surface area contributed by atoms with Gasteiger partial charge in [-0.2, -0.15) is 0 Å². The molecule has 4 aliphatic rings. The van der Waals surface area contributed by atoms with E-state index in [-0.39, 0.29) is 43.2 Å². The Balaban J connectivity index is 1.65. The van der Waals surface area contributed by atoms with Crippen LogP contribution in [-0.2, 0) is 33.4 Å². The van der Waals surface area contributed by atoms with Crippen molar-refractivity contribution in [1.29, 1.82) is 0 Å². The summed E-state index contributed by atoms with van der Waals surface area (Å²) in [4.78, 5) is 47.8. The van der Waals surface area contributed by atoms with Crippen molar-refractivity contribution < 1.29 is 43.6 Å². The van der Waals surface area contributed by atoms with Crippen molar-refractivity contribution in [2.24, 2.45) is 28.6 Å². The number of carbonyl (C=O) groups is 4. The number of hydrogen-bond donors (Lipinski definition) is 2. The Morgan fingerprint density at radius 1 is 0.806 bits per heavy atom. The van der Waals surface area contributed by atoms with Crippen LogP contribution in [0.2, 0.25) is 0 Å². The lowest BCUT2D eigenvalue weighted by Crippen LogP contribution is -2.69. The van der Waals surface area contributed by atoms with Crippen LogP contribution < -0.4 is 0 Å². The second kappa shape index (κ2) is 9.39. The summed E-state index contributed by atoms with van der Waals surface area (Å²) in [6.45, 7) is 5.72. The highest BCUT2D eigenvalue weighted by atomic mass is 16.5. The Bertz CT molecular complexity index is 932. The first-order valence-corrected chi connectivity index (χ1v) is 13.2. The summed E-state index contributed by atoms with van der Waals surface area (Å²) in [6, 6.07) is 0. The van der Waals surface area contributed by atoms with E-state index >= 15 is 0 Å². The predicted molar refractivity (Wildman–Crippen MR) is 126 cm³/mol. The summed E-state index contributed by atoms with van der Waals surface area (Å²) in [7, 11) is 0. The van der Waals surface area contributed by atoms with Crippen molar-refractivity contribution in [3.8, 4) is 0 Å². The van der Waals surface area contributed by atoms with Gasteiger partial charge in [0.15, 0.2) is 5.78 Å². The van der Waals surface area contributed by atoms with E-state index in [0.717, 1.165) is 0 Å². The molecule has 4 aliphatic carbocycles. The van der Waals surface area contributed by atoms with Crippen LogP contribution in [0, 0.1) is 28.6 Å². The standard InChI is InChI=1S/C27H40O9/c1-16(28)34-14-23(31)22-8-12-27(33)21-7-11-26(32)13-19(36-18(3)30)5-10-25(26,15-35-17(2)29)20(21)6-9-24(22,27)4/h19-22,32-33H,5-15H2,1-4H3/t19-,20-,21+,22+,24+,25-,26-,27+/m0/s1. The number of hydrogen-bond acceptors (Lipinski definition) is 9. The van der Waals surface area contributed by atoms with Gasteiger partial charge in [0.1, 0.15) is 12.7 Å². The molecule has 0 aromatic carbocycles. The van der Waals surface area contributed by atoms with Crippen molar-refractivity contribution >= 4 is 23.7 Å². The molecule has 0 aliphatic heterocycles. The quantitative estimate of drug-likeness (QED) is 0.409. The average molecular weight is 509 g/mol. The SMILES string of the molecule is CC(=O)OCC(=O)[C@H]1CC[C@@]2(O)[C@@H]3CC[C@]4(O)C[C@@H](OC(C)=O)CC[C@]4(COC(C)=O)[C@H]3CC[C@]12C. The summed E-state index contributed by atoms with van der Waals surface area (Å²) >= 11 is 0. The Morgan fingerprint density at radius 2 is 1.47 bits per heavy atom. The monoisotopic (exact) mass is 508 g/mol. The van der Waals surface area contributed by atoms with E-state index in [1.54, 1.807) is 0 Å². The zero-order chi connectivity index (χ0) is 26.5. The highest BCUT2D eigenvalue weighted by molar-refractivity contribution is 5.85. The van der Waals surface area contributed by atoms with Crippen LogP contribution in [0.25, 0.3) is 0 Å². The summed E-state index contributed by atoms with van der Waals surface area (Å²) in [5.74, 6) is -2.18. The van der Waals surface area contributed by atoms with Crippen LogP contribution in [0.15, 0.2) is 0 Å². The summed E-state index contributed by atoms with van der Waals surface area (Å²) in [5, 5.41) is 24.3. The van der Waals surface area contributed by atoms with Gasteiger partial charge in [-0.25, -0.2) is 0 Å². The smallest absolute Gasteiger partial charge is 0.303 e. The molecule has 0 radical (unpaired) electrons. The molecule has 202 valence electrons. The third-order valence-corrected chi connectivity index (χ3v) is 10.3. The molecule has 4 fully saturated rings. The van der Waals surface area contributed by atoms with Gasteiger partial charge in [0, 0.05) is 43.9 Å². The Morgan fingerprint density at radius 3 is 2.11 bits per heavy atom. The van der Waals surface area contributed by atoms with Gasteiger partial charge in [-0.3, -0.25) is 19.2 Å². The second-order valence-electron chi connectivity index (χ2n) is 11.9. The van der Waals surface area contributed by atoms with E-state index in [9.17, 15) is 29.4 Å². The highest BCUT2D eigenvalue weighted by Crippen LogP contribution is 2.70. The number of Topliss-reactive ketones (excluding diaryl/α,β-unsaturated/α-hetero) is 1. The summed E-state index contributed by atoms with van der Waals surface area (Å²) in [6.07, 6.45) is 4.10. The Labute approximate surface area is 212 Å². The lowest BCUT2D eigenvalue weighted by molar-refractivity contribution is -0.272. The zero-order valence-corrected chi connectivity index (χ0v) is 21.8. The van der Waals surface area contributed by atoms with Crippen molar-refractivity contribution in [3.63, 3.8) is 0 Å². The van der Waals surface area contributed by atoms with Gasteiger partial charge < -0.3 is 24.4 Å². The largest absolute Gasteiger partial charge is 0.465 e. The molecule has 4 saturated carbocycles. The first kappa shape index (κ1) is 27.0. The normalized spacial score (nSPS) is 43.4. The van der Waals surface area contributed by atoms with E-state index in [1.165, 1.54) is 20.8 Å². The number of rotatable bonds is 6. The lowest BCUT2D eigenvalue weighted by Gasteiger charge is -2.66. The van der Waals surface area contributed by atoms with Crippen molar-refractivity contribution in [1.82, 2.24) is 0 Å². The number of ether oxygens (including phenoxy) is 3. The maximum Gasteiger partial charge on any atom is 0.303 e. The van der Waals surface area contributed by atoms with E-state index in [1.807, 2.05) is 6.92 Å². The molecule has 0 aromatic rings. The van der Waals surface area contributed by atoms with Gasteiger partial charge in [0.2, 0.25) is 0 Å². The zero-order valence-electron chi connectivity index (χ0n) is 21.8. The molecule has 0 unspecified atom stereocenters. The third-order valence-electron chi connectivity index (χ3n) is 10.3. The fraction of sp³-hybridized carbons (Fsp3) is 0.852. The first-order valence-electron chi connectivity index (χ1n) is 13.2. The van der Waals surface area contributed by atoms with Crippen molar-refractivity contribution in [3.05, 3.63) is 0 Å². The van der Waals surface area contributed by atoms with Gasteiger partial charge >= 0.3 is 17.9 Å². The third kappa shape index (κ3) is 4.16. The molecule has 0 saturated heterocycles. The van der Waals surface area contributed by atoms with Crippen LogP contribution in [0.1, 0.15) is 85.5 Å². The van der Waals surface area contributed by atoms with E-state index < -0.39 is 46.0 Å². The minimum absolute atomic E-state index is 0.0500. The van der Waals surface area contributed by atoms with Gasteiger partial charge in [-0.1, -0.05) is 6.92 Å². The highest BCUT2D eigenvalue weighted by Gasteiger charge is 2.72. The van der Waals surface area contributed by atoms with Crippen LogP contribution in [0.3, 0.4) is 0 Å². The van der Waals surface area contributed by atoms with Crippen LogP contribution in [-0.4, -0.2) is 64.4 Å². The number of carbonyl (C=O) groups excluding carboxylic acids is 4. The molecule has 9 nitrogen and oxygen atoms in total. The number of esters is 3.